The van der Waals surface area contributed by atoms with E-state index in [9.17, 15) is 23.5 Å². The number of carboxylic acids is 1. The molecule has 1 N–H and O–H groups in total. The Morgan fingerprint density at radius 3 is 2.59 bits per heavy atom. The summed E-state index contributed by atoms with van der Waals surface area (Å²) in [5.74, 6) is -2.22. The van der Waals surface area contributed by atoms with Crippen LogP contribution in [0, 0.1) is 0 Å². The van der Waals surface area contributed by atoms with Crippen molar-refractivity contribution >= 4 is 27.9 Å². The molecule has 0 radical (unpaired) electrons. The number of para-hydroxylation sites is 2. The molecule has 27 heavy (non-hydrogen) atoms. The van der Waals surface area contributed by atoms with E-state index in [4.69, 9.17) is 14.2 Å². The second-order valence-electron chi connectivity index (χ2n) is 5.36. The zero-order valence-electron chi connectivity index (χ0n) is 13.9. The minimum absolute atomic E-state index is 0.0925. The molecule has 0 aromatic heterocycles. The lowest BCUT2D eigenvalue weighted by Gasteiger charge is -2.25. The monoisotopic (exact) mass is 389 g/mol. The van der Waals surface area contributed by atoms with Crippen LogP contribution in [-0.4, -0.2) is 39.0 Å². The van der Waals surface area contributed by atoms with E-state index in [2.05, 4.69) is 0 Å². The molecule has 0 bridgehead atoms. The number of esters is 1. The van der Waals surface area contributed by atoms with E-state index in [-0.39, 0.29) is 27.7 Å². The van der Waals surface area contributed by atoms with Crippen molar-refractivity contribution in [2.75, 3.05) is 7.11 Å². The van der Waals surface area contributed by atoms with E-state index in [0.717, 1.165) is 6.08 Å². The van der Waals surface area contributed by atoms with Gasteiger partial charge in [-0.2, -0.15) is 0 Å². The van der Waals surface area contributed by atoms with Crippen LogP contribution in [0.25, 0.3) is 4.91 Å². The Balaban J connectivity index is 1.92. The lowest BCUT2D eigenvalue weighted by Crippen LogP contribution is -2.32. The van der Waals surface area contributed by atoms with Crippen LogP contribution in [-0.2, 0) is 15.9 Å². The summed E-state index contributed by atoms with van der Waals surface area (Å²) in [7, 11) is 1.24. The van der Waals surface area contributed by atoms with Gasteiger partial charge in [-0.15, -0.1) is 0 Å². The van der Waals surface area contributed by atoms with Crippen molar-refractivity contribution in [3.05, 3.63) is 59.7 Å². The predicted molar refractivity (Wildman–Crippen MR) is 93.3 cm³/mol. The normalized spacial score (nSPS) is 16.4. The third-order valence-corrected chi connectivity index (χ3v) is 4.46. The third kappa shape index (κ3) is 3.69. The zero-order chi connectivity index (χ0) is 19.6. The smallest absolute Gasteiger partial charge is 0.357 e. The molecule has 0 amide bonds. The molecular formula is C18H13O8S-. The first-order chi connectivity index (χ1) is 12.9. The van der Waals surface area contributed by atoms with Gasteiger partial charge in [-0.3, -0.25) is 4.21 Å². The molecule has 0 saturated heterocycles. The minimum Gasteiger partial charge on any atom is -0.768 e. The highest BCUT2D eigenvalue weighted by molar-refractivity contribution is 7.89. The molecule has 0 spiro atoms. The summed E-state index contributed by atoms with van der Waals surface area (Å²) in [6.07, 6.45) is -0.201. The molecule has 2 aromatic carbocycles. The van der Waals surface area contributed by atoms with Gasteiger partial charge in [0.2, 0.25) is 6.10 Å². The summed E-state index contributed by atoms with van der Waals surface area (Å²) in [5, 5.41) is 9.19. The van der Waals surface area contributed by atoms with E-state index >= 15 is 0 Å². The van der Waals surface area contributed by atoms with E-state index in [1.54, 1.807) is 18.2 Å². The number of carbonyl (C=O) groups is 2. The van der Waals surface area contributed by atoms with Crippen molar-refractivity contribution in [3.63, 3.8) is 0 Å². The van der Waals surface area contributed by atoms with Crippen molar-refractivity contribution in [2.45, 2.75) is 6.10 Å². The third-order valence-electron chi connectivity index (χ3n) is 3.75. The molecule has 0 fully saturated rings. The molecule has 0 saturated carbocycles. The first-order valence-electron chi connectivity index (χ1n) is 7.61. The van der Waals surface area contributed by atoms with Gasteiger partial charge in [-0.25, -0.2) is 9.59 Å². The molecule has 9 heteroatoms. The van der Waals surface area contributed by atoms with Gasteiger partial charge in [-0.1, -0.05) is 24.3 Å². The number of aromatic carboxylic acids is 1. The Labute approximate surface area is 156 Å². The molecule has 0 aliphatic carbocycles. The molecule has 3 rings (SSSR count). The van der Waals surface area contributed by atoms with Crippen LogP contribution in [0.5, 0.6) is 17.2 Å². The fourth-order valence-electron chi connectivity index (χ4n) is 2.57. The van der Waals surface area contributed by atoms with Gasteiger partial charge in [0, 0.05) is 10.5 Å². The summed E-state index contributed by atoms with van der Waals surface area (Å²) < 4.78 is 38.8. The molecule has 8 nitrogen and oxygen atoms in total. The van der Waals surface area contributed by atoms with E-state index < -0.39 is 29.1 Å². The Kier molecular flexibility index (Phi) is 5.24. The topological polar surface area (TPSA) is 122 Å². The highest BCUT2D eigenvalue weighted by Crippen LogP contribution is 2.35. The first-order valence-corrected chi connectivity index (χ1v) is 8.69. The van der Waals surface area contributed by atoms with E-state index in [0.29, 0.717) is 5.56 Å². The Hall–Kier alpha value is -3.17. The number of methoxy groups -OCH3 is 1. The Morgan fingerprint density at radius 1 is 1.19 bits per heavy atom. The van der Waals surface area contributed by atoms with Crippen LogP contribution in [0.1, 0.15) is 15.9 Å². The number of carboxylic acid groups (broad SMARTS) is 1. The largest absolute Gasteiger partial charge is 0.768 e. The van der Waals surface area contributed by atoms with Gasteiger partial charge in [0.15, 0.2) is 11.5 Å². The number of fused-ring (bicyclic) bond motifs is 1. The molecule has 1 heterocycles. The van der Waals surface area contributed by atoms with Crippen LogP contribution < -0.4 is 14.2 Å². The number of ether oxygens (including phenoxy) is 3. The Bertz CT molecular complexity index is 966. The lowest BCUT2D eigenvalue weighted by molar-refractivity contribution is -0.140. The SMILES string of the molecule is COc1c(OC(=O)C2C=C(S(=O)[O-])c3ccccc3O2)cccc1C(=O)O. The van der Waals surface area contributed by atoms with Crippen LogP contribution in [0.3, 0.4) is 0 Å². The maximum Gasteiger partial charge on any atom is 0.357 e. The molecule has 1 aliphatic heterocycles. The zero-order valence-corrected chi connectivity index (χ0v) is 14.7. The quantitative estimate of drug-likeness (QED) is 0.468. The minimum atomic E-state index is -2.59. The maximum atomic E-state index is 12.5. The van der Waals surface area contributed by atoms with Crippen LogP contribution in [0.2, 0.25) is 0 Å². The molecule has 2 atom stereocenters. The maximum absolute atomic E-state index is 12.5. The fourth-order valence-corrected chi connectivity index (χ4v) is 3.16. The van der Waals surface area contributed by atoms with Crippen molar-refractivity contribution in [1.29, 1.82) is 0 Å². The highest BCUT2D eigenvalue weighted by Gasteiger charge is 2.29. The van der Waals surface area contributed by atoms with Crippen LogP contribution >= 0.6 is 0 Å². The average Bonchev–Trinajstić information content (AvgIpc) is 2.66. The molecule has 2 unspecified atom stereocenters. The molecule has 140 valence electrons. The van der Waals surface area contributed by atoms with Gasteiger partial charge in [0.05, 0.1) is 7.11 Å². The second kappa shape index (κ2) is 7.60. The lowest BCUT2D eigenvalue weighted by atomic mass is 10.1. The van der Waals surface area contributed by atoms with Crippen molar-refractivity contribution in [2.24, 2.45) is 0 Å². The van der Waals surface area contributed by atoms with Gasteiger partial charge in [0.25, 0.3) is 0 Å². The number of rotatable bonds is 5. The van der Waals surface area contributed by atoms with E-state index in [1.807, 2.05) is 0 Å². The number of carbonyl (C=O) groups excluding carboxylic acids is 1. The molecular weight excluding hydrogens is 376 g/mol. The fraction of sp³-hybridized carbons (Fsp3) is 0.111. The van der Waals surface area contributed by atoms with Crippen molar-refractivity contribution in [3.8, 4) is 17.2 Å². The van der Waals surface area contributed by atoms with Crippen molar-refractivity contribution in [1.82, 2.24) is 0 Å². The van der Waals surface area contributed by atoms with Gasteiger partial charge in [0.1, 0.15) is 11.3 Å². The van der Waals surface area contributed by atoms with Gasteiger partial charge >= 0.3 is 11.9 Å². The van der Waals surface area contributed by atoms with Crippen LogP contribution in [0.4, 0.5) is 0 Å². The van der Waals surface area contributed by atoms with E-state index in [1.165, 1.54) is 31.4 Å². The number of hydrogen-bond donors (Lipinski definition) is 1. The summed E-state index contributed by atoms with van der Waals surface area (Å²) in [5.41, 5.74) is 0.148. The first kappa shape index (κ1) is 18.6. The predicted octanol–water partition coefficient (Wildman–Crippen LogP) is 1.98. The summed E-state index contributed by atoms with van der Waals surface area (Å²) in [4.78, 5) is 23.7. The summed E-state index contributed by atoms with van der Waals surface area (Å²) >= 11 is -2.59. The Morgan fingerprint density at radius 2 is 1.93 bits per heavy atom. The number of benzene rings is 2. The molecule has 1 aliphatic rings. The average molecular weight is 389 g/mol. The summed E-state index contributed by atoms with van der Waals surface area (Å²) in [6, 6.07) is 10.4. The second-order valence-corrected chi connectivity index (χ2v) is 6.27. The highest BCUT2D eigenvalue weighted by atomic mass is 32.2. The van der Waals surface area contributed by atoms with Gasteiger partial charge < -0.3 is 23.9 Å². The standard InChI is InChI=1S/C18H14O8S/c1-24-16-11(17(19)20)6-4-8-13(16)26-18(21)14-9-15(27(22)23)10-5-2-3-7-12(10)25-14/h2-9,14H,1H3,(H,19,20)(H,22,23)/p-1. The summed E-state index contributed by atoms with van der Waals surface area (Å²) in [6.45, 7) is 0. The molecule has 2 aromatic rings. The van der Waals surface area contributed by atoms with Gasteiger partial charge in [-0.05, 0) is 35.4 Å². The number of hydrogen-bond acceptors (Lipinski definition) is 7. The van der Waals surface area contributed by atoms with Crippen LogP contribution in [0.15, 0.2) is 48.5 Å². The van der Waals surface area contributed by atoms with Crippen molar-refractivity contribution < 1.29 is 37.7 Å².